The predicted molar refractivity (Wildman–Crippen MR) is 98.3 cm³/mol. The second-order valence-electron chi connectivity index (χ2n) is 6.71. The number of nitrogens with one attached hydrogen (secondary N) is 1. The number of aryl methyl sites for hydroxylation is 1. The van der Waals surface area contributed by atoms with Gasteiger partial charge in [0.05, 0.1) is 11.6 Å². The highest BCUT2D eigenvalue weighted by molar-refractivity contribution is 5.95. The predicted octanol–water partition coefficient (Wildman–Crippen LogP) is 3.03. The molecule has 0 radical (unpaired) electrons. The molecule has 26 heavy (non-hydrogen) atoms. The standard InChI is InChI=1S/C19H22N4O3/c1-10-7-8-20-19(21-10)22-17-11(2)12(3)23(13(4)24)16-6-5-14(18(25)26)9-15(16)17/h5-9,11-12,17H,1-4H3,(H,25,26)(H,20,21,22)/t11-,12-,17+/m0/s1. The molecule has 3 rings (SSSR count). The van der Waals surface area contributed by atoms with Crippen molar-refractivity contribution in [3.63, 3.8) is 0 Å². The van der Waals surface area contributed by atoms with Gasteiger partial charge in [0.25, 0.3) is 0 Å². The fourth-order valence-corrected chi connectivity index (χ4v) is 3.50. The van der Waals surface area contributed by atoms with Crippen molar-refractivity contribution in [1.82, 2.24) is 9.97 Å². The Balaban J connectivity index is 2.11. The van der Waals surface area contributed by atoms with Crippen LogP contribution < -0.4 is 10.2 Å². The van der Waals surface area contributed by atoms with Crippen molar-refractivity contribution in [3.05, 3.63) is 47.3 Å². The van der Waals surface area contributed by atoms with Crippen LogP contribution in [0, 0.1) is 12.8 Å². The first-order valence-corrected chi connectivity index (χ1v) is 8.53. The highest BCUT2D eigenvalue weighted by Gasteiger charge is 2.38. The Labute approximate surface area is 152 Å². The van der Waals surface area contributed by atoms with Crippen molar-refractivity contribution in [2.24, 2.45) is 5.92 Å². The molecular weight excluding hydrogens is 332 g/mol. The molecule has 0 fully saturated rings. The fourth-order valence-electron chi connectivity index (χ4n) is 3.50. The Kier molecular flexibility index (Phi) is 4.63. The summed E-state index contributed by atoms with van der Waals surface area (Å²) < 4.78 is 0. The summed E-state index contributed by atoms with van der Waals surface area (Å²) in [7, 11) is 0. The molecule has 1 aliphatic heterocycles. The van der Waals surface area contributed by atoms with Gasteiger partial charge in [0.1, 0.15) is 0 Å². The third-order valence-electron chi connectivity index (χ3n) is 4.98. The van der Waals surface area contributed by atoms with Crippen molar-refractivity contribution in [1.29, 1.82) is 0 Å². The number of benzene rings is 1. The number of carbonyl (C=O) groups is 2. The van der Waals surface area contributed by atoms with Crippen molar-refractivity contribution in [2.45, 2.75) is 39.8 Å². The molecular formula is C19H22N4O3. The number of anilines is 2. The van der Waals surface area contributed by atoms with E-state index >= 15 is 0 Å². The zero-order chi connectivity index (χ0) is 19.0. The van der Waals surface area contributed by atoms with Crippen LogP contribution in [-0.2, 0) is 4.79 Å². The van der Waals surface area contributed by atoms with Gasteiger partial charge in [-0.2, -0.15) is 0 Å². The second kappa shape index (κ2) is 6.74. The lowest BCUT2D eigenvalue weighted by atomic mass is 9.82. The summed E-state index contributed by atoms with van der Waals surface area (Å²) in [5.74, 6) is -0.561. The van der Waals surface area contributed by atoms with Crippen LogP contribution in [0.15, 0.2) is 30.5 Å². The summed E-state index contributed by atoms with van der Waals surface area (Å²) in [6.45, 7) is 7.43. The Morgan fingerprint density at radius 2 is 1.96 bits per heavy atom. The van der Waals surface area contributed by atoms with Gasteiger partial charge < -0.3 is 15.3 Å². The number of aromatic carboxylic acids is 1. The van der Waals surface area contributed by atoms with Gasteiger partial charge in [0.15, 0.2) is 0 Å². The van der Waals surface area contributed by atoms with E-state index in [1.54, 1.807) is 23.2 Å². The van der Waals surface area contributed by atoms with E-state index in [9.17, 15) is 14.7 Å². The molecule has 7 heteroatoms. The highest BCUT2D eigenvalue weighted by Crippen LogP contribution is 2.42. The van der Waals surface area contributed by atoms with Gasteiger partial charge in [-0.1, -0.05) is 6.92 Å². The third kappa shape index (κ3) is 3.12. The molecule has 2 heterocycles. The minimum Gasteiger partial charge on any atom is -0.478 e. The van der Waals surface area contributed by atoms with E-state index in [-0.39, 0.29) is 29.5 Å². The molecule has 1 amide bonds. The van der Waals surface area contributed by atoms with Gasteiger partial charge in [-0.15, -0.1) is 0 Å². The van der Waals surface area contributed by atoms with Crippen molar-refractivity contribution in [3.8, 4) is 0 Å². The first kappa shape index (κ1) is 17.8. The van der Waals surface area contributed by atoms with E-state index in [2.05, 4.69) is 15.3 Å². The SMILES string of the molecule is CC(=O)N1c2ccc(C(=O)O)cc2[C@H](Nc2nccc(C)n2)[C@@H](C)[C@@H]1C. The van der Waals surface area contributed by atoms with Crippen LogP contribution in [0.3, 0.4) is 0 Å². The first-order valence-electron chi connectivity index (χ1n) is 8.53. The number of nitrogens with zero attached hydrogens (tertiary/aromatic N) is 3. The summed E-state index contributed by atoms with van der Waals surface area (Å²) >= 11 is 0. The van der Waals surface area contributed by atoms with Gasteiger partial charge in [-0.25, -0.2) is 14.8 Å². The van der Waals surface area contributed by atoms with Crippen LogP contribution in [-0.4, -0.2) is 33.0 Å². The molecule has 0 unspecified atom stereocenters. The monoisotopic (exact) mass is 354 g/mol. The number of fused-ring (bicyclic) bond motifs is 1. The summed E-state index contributed by atoms with van der Waals surface area (Å²) in [6.07, 6.45) is 1.68. The third-order valence-corrected chi connectivity index (χ3v) is 4.98. The van der Waals surface area contributed by atoms with E-state index in [1.165, 1.54) is 13.0 Å². The average Bonchev–Trinajstić information content (AvgIpc) is 2.58. The maximum Gasteiger partial charge on any atom is 0.335 e. The summed E-state index contributed by atoms with van der Waals surface area (Å²) in [4.78, 5) is 34.0. The Hall–Kier alpha value is -2.96. The molecule has 2 aromatic rings. The number of carboxylic acid groups (broad SMARTS) is 1. The number of amides is 1. The summed E-state index contributed by atoms with van der Waals surface area (Å²) in [5, 5.41) is 12.7. The molecule has 7 nitrogen and oxygen atoms in total. The minimum atomic E-state index is -1.00. The Morgan fingerprint density at radius 3 is 2.58 bits per heavy atom. The highest BCUT2D eigenvalue weighted by atomic mass is 16.4. The maximum absolute atomic E-state index is 12.2. The molecule has 0 saturated carbocycles. The number of rotatable bonds is 3. The number of carbonyl (C=O) groups excluding carboxylic acids is 1. The molecule has 136 valence electrons. The number of hydrogen-bond acceptors (Lipinski definition) is 5. The zero-order valence-corrected chi connectivity index (χ0v) is 15.2. The van der Waals surface area contributed by atoms with Crippen LogP contribution in [0.25, 0.3) is 0 Å². The molecule has 0 saturated heterocycles. The van der Waals surface area contributed by atoms with E-state index in [0.29, 0.717) is 5.95 Å². The molecule has 3 atom stereocenters. The van der Waals surface area contributed by atoms with E-state index in [0.717, 1.165) is 16.9 Å². The summed E-state index contributed by atoms with van der Waals surface area (Å²) in [6, 6.07) is 6.40. The van der Waals surface area contributed by atoms with E-state index in [4.69, 9.17) is 0 Å². The largest absolute Gasteiger partial charge is 0.478 e. The van der Waals surface area contributed by atoms with E-state index in [1.807, 2.05) is 26.8 Å². The lowest BCUT2D eigenvalue weighted by molar-refractivity contribution is -0.117. The van der Waals surface area contributed by atoms with Crippen LogP contribution in [0.5, 0.6) is 0 Å². The lowest BCUT2D eigenvalue weighted by Gasteiger charge is -2.43. The van der Waals surface area contributed by atoms with Gasteiger partial charge >= 0.3 is 5.97 Å². The fraction of sp³-hybridized carbons (Fsp3) is 0.368. The number of hydrogen-bond donors (Lipinski definition) is 2. The molecule has 1 aromatic carbocycles. The first-order chi connectivity index (χ1) is 12.3. The van der Waals surface area contributed by atoms with Crippen LogP contribution in [0.2, 0.25) is 0 Å². The number of carboxylic acids is 1. The van der Waals surface area contributed by atoms with Gasteiger partial charge in [-0.05, 0) is 43.7 Å². The minimum absolute atomic E-state index is 0.0274. The van der Waals surface area contributed by atoms with Gasteiger partial charge in [0, 0.05) is 36.5 Å². The topological polar surface area (TPSA) is 95.4 Å². The molecule has 1 aliphatic rings. The number of aromatic nitrogens is 2. The second-order valence-corrected chi connectivity index (χ2v) is 6.71. The van der Waals surface area contributed by atoms with Gasteiger partial charge in [-0.3, -0.25) is 4.79 Å². The van der Waals surface area contributed by atoms with Crippen molar-refractivity contribution in [2.75, 3.05) is 10.2 Å². The Morgan fingerprint density at radius 1 is 1.23 bits per heavy atom. The van der Waals surface area contributed by atoms with Crippen LogP contribution >= 0.6 is 0 Å². The molecule has 1 aromatic heterocycles. The maximum atomic E-state index is 12.2. The molecule has 0 bridgehead atoms. The average molecular weight is 354 g/mol. The molecule has 0 spiro atoms. The zero-order valence-electron chi connectivity index (χ0n) is 15.2. The van der Waals surface area contributed by atoms with Crippen molar-refractivity contribution >= 4 is 23.5 Å². The molecule has 0 aliphatic carbocycles. The smallest absolute Gasteiger partial charge is 0.335 e. The van der Waals surface area contributed by atoms with Crippen LogP contribution in [0.4, 0.5) is 11.6 Å². The normalized spacial score (nSPS) is 21.8. The lowest BCUT2D eigenvalue weighted by Crippen LogP contribution is -2.48. The van der Waals surface area contributed by atoms with Gasteiger partial charge in [0.2, 0.25) is 11.9 Å². The summed E-state index contributed by atoms with van der Waals surface area (Å²) in [5.41, 5.74) is 2.50. The Bertz CT molecular complexity index is 868. The quantitative estimate of drug-likeness (QED) is 0.880. The molecule has 2 N–H and O–H groups in total. The van der Waals surface area contributed by atoms with E-state index < -0.39 is 5.97 Å². The van der Waals surface area contributed by atoms with Crippen molar-refractivity contribution < 1.29 is 14.7 Å². The van der Waals surface area contributed by atoms with Crippen LogP contribution in [0.1, 0.15) is 48.4 Å².